The number of carbonyl (C=O) groups is 1. The van der Waals surface area contributed by atoms with Gasteiger partial charge in [0.05, 0.1) is 5.92 Å². The summed E-state index contributed by atoms with van der Waals surface area (Å²) in [4.78, 5) is 14.1. The predicted octanol–water partition coefficient (Wildman–Crippen LogP) is 6.97. The molecule has 1 aromatic rings. The third-order valence-electron chi connectivity index (χ3n) is 5.64. The molecule has 1 aromatic carbocycles. The fourth-order valence-corrected chi connectivity index (χ4v) is 3.88. The van der Waals surface area contributed by atoms with E-state index in [1.807, 2.05) is 32.3 Å². The first-order chi connectivity index (χ1) is 14.1. The van der Waals surface area contributed by atoms with Crippen LogP contribution in [0.3, 0.4) is 0 Å². The van der Waals surface area contributed by atoms with Gasteiger partial charge >= 0.3 is 0 Å². The number of carbonyl (C=O) groups excluding carboxylic acids is 1. The second-order valence-corrected chi connectivity index (χ2v) is 8.43. The van der Waals surface area contributed by atoms with E-state index in [0.717, 1.165) is 24.1 Å². The van der Waals surface area contributed by atoms with Gasteiger partial charge in [-0.3, -0.25) is 4.79 Å². The average molecular weight is 401 g/mol. The molecule has 0 fully saturated rings. The zero-order chi connectivity index (χ0) is 21.3. The second-order valence-electron chi connectivity index (χ2n) is 8.43. The lowest BCUT2D eigenvalue weighted by Crippen LogP contribution is -2.23. The molecule has 0 aliphatic carbocycles. The van der Waals surface area contributed by atoms with Gasteiger partial charge in [-0.1, -0.05) is 88.6 Å². The summed E-state index contributed by atoms with van der Waals surface area (Å²) in [5, 5.41) is 0. The summed E-state index contributed by atoms with van der Waals surface area (Å²) in [5.74, 6) is -0.400. The van der Waals surface area contributed by atoms with Crippen molar-refractivity contribution in [3.8, 4) is 0 Å². The lowest BCUT2D eigenvalue weighted by molar-refractivity contribution is -0.119. The van der Waals surface area contributed by atoms with E-state index in [4.69, 9.17) is 5.73 Å². The number of nitrogens with zero attached hydrogens (tertiary/aromatic N) is 1. The molecule has 1 atom stereocenters. The number of benzene rings is 1. The largest absolute Gasteiger partial charge is 0.377 e. The standard InChI is InChI=1S/C26H44N2O/c1-4-5-6-7-8-9-10-11-12-13-14-15-16-17-21-24(26(27)29)23-20-18-19-22-25(23)28(2)3/h11-12,18-20,22,24H,4-10,13-17,21H2,1-3H3,(H2,27,29). The number of hydrogen-bond donors (Lipinski definition) is 1. The van der Waals surface area contributed by atoms with Crippen molar-refractivity contribution in [3.63, 3.8) is 0 Å². The Morgan fingerprint density at radius 2 is 1.45 bits per heavy atom. The number of hydrogen-bond acceptors (Lipinski definition) is 2. The first-order valence-corrected chi connectivity index (χ1v) is 11.8. The van der Waals surface area contributed by atoms with Crippen molar-refractivity contribution in [2.75, 3.05) is 19.0 Å². The Labute approximate surface area is 179 Å². The third-order valence-corrected chi connectivity index (χ3v) is 5.64. The normalized spacial score (nSPS) is 12.4. The van der Waals surface area contributed by atoms with Gasteiger partial charge in [-0.15, -0.1) is 0 Å². The van der Waals surface area contributed by atoms with Crippen molar-refractivity contribution >= 4 is 11.6 Å². The Bertz CT molecular complexity index is 580. The van der Waals surface area contributed by atoms with Crippen molar-refractivity contribution in [1.29, 1.82) is 0 Å². The van der Waals surface area contributed by atoms with Crippen LogP contribution in [-0.4, -0.2) is 20.0 Å². The van der Waals surface area contributed by atoms with Gasteiger partial charge in [0.15, 0.2) is 0 Å². The second kappa shape index (κ2) is 16.1. The molecule has 3 nitrogen and oxygen atoms in total. The van der Waals surface area contributed by atoms with E-state index in [2.05, 4.69) is 30.0 Å². The van der Waals surface area contributed by atoms with Crippen LogP contribution in [0, 0.1) is 0 Å². The summed E-state index contributed by atoms with van der Waals surface area (Å²) in [7, 11) is 4.02. The van der Waals surface area contributed by atoms with Gasteiger partial charge in [0.1, 0.15) is 0 Å². The van der Waals surface area contributed by atoms with Gasteiger partial charge < -0.3 is 10.6 Å². The number of nitrogens with two attached hydrogens (primary N) is 1. The molecule has 0 bridgehead atoms. The minimum atomic E-state index is -0.211. The molecule has 1 rings (SSSR count). The van der Waals surface area contributed by atoms with E-state index < -0.39 is 0 Å². The molecule has 0 saturated heterocycles. The Balaban J connectivity index is 2.18. The first-order valence-electron chi connectivity index (χ1n) is 11.8. The van der Waals surface area contributed by atoms with Crippen LogP contribution in [0.5, 0.6) is 0 Å². The maximum atomic E-state index is 12.0. The van der Waals surface area contributed by atoms with Crippen LogP contribution in [0.15, 0.2) is 36.4 Å². The molecule has 0 aromatic heterocycles. The Morgan fingerprint density at radius 3 is 2.03 bits per heavy atom. The highest BCUT2D eigenvalue weighted by Crippen LogP contribution is 2.30. The highest BCUT2D eigenvalue weighted by Gasteiger charge is 2.20. The molecule has 164 valence electrons. The number of anilines is 1. The minimum Gasteiger partial charge on any atom is -0.377 e. The van der Waals surface area contributed by atoms with Crippen LogP contribution >= 0.6 is 0 Å². The van der Waals surface area contributed by atoms with Gasteiger partial charge in [0, 0.05) is 19.8 Å². The zero-order valence-corrected chi connectivity index (χ0v) is 19.2. The van der Waals surface area contributed by atoms with E-state index in [0.29, 0.717) is 0 Å². The maximum absolute atomic E-state index is 12.0. The maximum Gasteiger partial charge on any atom is 0.225 e. The molecule has 0 aliphatic heterocycles. The summed E-state index contributed by atoms with van der Waals surface area (Å²) in [6, 6.07) is 8.11. The predicted molar refractivity (Wildman–Crippen MR) is 128 cm³/mol. The van der Waals surface area contributed by atoms with E-state index in [1.54, 1.807) is 0 Å². The quantitative estimate of drug-likeness (QED) is 0.227. The molecule has 29 heavy (non-hydrogen) atoms. The van der Waals surface area contributed by atoms with E-state index in [9.17, 15) is 4.79 Å². The fraction of sp³-hybridized carbons (Fsp3) is 0.654. The lowest BCUT2D eigenvalue weighted by atomic mass is 9.90. The van der Waals surface area contributed by atoms with Gasteiger partial charge in [0.25, 0.3) is 0 Å². The summed E-state index contributed by atoms with van der Waals surface area (Å²) in [6.07, 6.45) is 20.9. The van der Waals surface area contributed by atoms with Gasteiger partial charge in [-0.25, -0.2) is 0 Å². The van der Waals surface area contributed by atoms with Crippen molar-refractivity contribution < 1.29 is 4.79 Å². The molecule has 0 spiro atoms. The van der Waals surface area contributed by atoms with Crippen molar-refractivity contribution in [1.82, 2.24) is 0 Å². The van der Waals surface area contributed by atoms with Gasteiger partial charge in [-0.05, 0) is 43.7 Å². The first kappa shape index (κ1) is 25.3. The highest BCUT2D eigenvalue weighted by atomic mass is 16.1. The molecule has 3 heteroatoms. The van der Waals surface area contributed by atoms with E-state index >= 15 is 0 Å². The van der Waals surface area contributed by atoms with Crippen molar-refractivity contribution in [2.45, 2.75) is 96.3 Å². The summed E-state index contributed by atoms with van der Waals surface area (Å²) < 4.78 is 0. The third kappa shape index (κ3) is 11.1. The number of primary amides is 1. The molecule has 2 N–H and O–H groups in total. The number of para-hydroxylation sites is 1. The van der Waals surface area contributed by atoms with E-state index in [-0.39, 0.29) is 11.8 Å². The SMILES string of the molecule is CCCCCCCCC=CCCCCCCC(C(N)=O)c1ccccc1N(C)C. The van der Waals surface area contributed by atoms with Crippen LogP contribution < -0.4 is 10.6 Å². The minimum absolute atomic E-state index is 0.189. The van der Waals surface area contributed by atoms with Gasteiger partial charge in [0.2, 0.25) is 5.91 Å². The Kier molecular flexibility index (Phi) is 14.0. The molecule has 0 heterocycles. The van der Waals surface area contributed by atoms with Crippen molar-refractivity contribution in [2.24, 2.45) is 5.73 Å². The van der Waals surface area contributed by atoms with Crippen LogP contribution in [0.4, 0.5) is 5.69 Å². The lowest BCUT2D eigenvalue weighted by Gasteiger charge is -2.22. The summed E-state index contributed by atoms with van der Waals surface area (Å²) in [6.45, 7) is 2.27. The van der Waals surface area contributed by atoms with Crippen LogP contribution in [-0.2, 0) is 4.79 Å². The van der Waals surface area contributed by atoms with Gasteiger partial charge in [-0.2, -0.15) is 0 Å². The fourth-order valence-electron chi connectivity index (χ4n) is 3.88. The topological polar surface area (TPSA) is 46.3 Å². The molecule has 0 aliphatic rings. The number of amides is 1. The van der Waals surface area contributed by atoms with Crippen LogP contribution in [0.25, 0.3) is 0 Å². The molecule has 0 saturated carbocycles. The summed E-state index contributed by atoms with van der Waals surface area (Å²) >= 11 is 0. The Hall–Kier alpha value is -1.77. The molecular weight excluding hydrogens is 356 g/mol. The molecule has 0 radical (unpaired) electrons. The molecule has 1 amide bonds. The monoisotopic (exact) mass is 400 g/mol. The van der Waals surface area contributed by atoms with Crippen molar-refractivity contribution in [3.05, 3.63) is 42.0 Å². The summed E-state index contributed by atoms with van der Waals surface area (Å²) in [5.41, 5.74) is 7.87. The van der Waals surface area contributed by atoms with E-state index in [1.165, 1.54) is 70.6 Å². The molecule has 1 unspecified atom stereocenters. The Morgan fingerprint density at radius 1 is 0.897 bits per heavy atom. The smallest absolute Gasteiger partial charge is 0.225 e. The number of allylic oxidation sites excluding steroid dienone is 2. The van der Waals surface area contributed by atoms with Crippen LogP contribution in [0.1, 0.15) is 102 Å². The number of unbranched alkanes of at least 4 members (excludes halogenated alkanes) is 10. The highest BCUT2D eigenvalue weighted by molar-refractivity contribution is 5.84. The number of rotatable bonds is 17. The average Bonchev–Trinajstić information content (AvgIpc) is 2.70. The zero-order valence-electron chi connectivity index (χ0n) is 19.2. The van der Waals surface area contributed by atoms with Crippen LogP contribution in [0.2, 0.25) is 0 Å². The molecular formula is C26H44N2O.